The second-order valence-electron chi connectivity index (χ2n) is 5.66. The Balaban J connectivity index is 1.60. The van der Waals surface area contributed by atoms with Gasteiger partial charge in [-0.15, -0.1) is 11.3 Å². The third-order valence-electron chi connectivity index (χ3n) is 3.94. The highest BCUT2D eigenvalue weighted by Crippen LogP contribution is 2.24. The second kappa shape index (κ2) is 6.45. The van der Waals surface area contributed by atoms with E-state index in [1.165, 1.54) is 11.3 Å². The molecule has 3 N–H and O–H groups in total. The maximum atomic E-state index is 12.6. The van der Waals surface area contributed by atoms with Crippen molar-refractivity contribution in [1.29, 1.82) is 0 Å². The molecule has 26 heavy (non-hydrogen) atoms. The van der Waals surface area contributed by atoms with Crippen molar-refractivity contribution in [3.63, 3.8) is 0 Å². The van der Waals surface area contributed by atoms with Crippen LogP contribution in [0.5, 0.6) is 0 Å². The molecule has 0 saturated carbocycles. The van der Waals surface area contributed by atoms with Crippen LogP contribution in [0.1, 0.15) is 20.8 Å². The van der Waals surface area contributed by atoms with Gasteiger partial charge in [-0.05, 0) is 24.3 Å². The Hall–Kier alpha value is -3.45. The number of amides is 2. The van der Waals surface area contributed by atoms with Crippen LogP contribution < -0.4 is 11.1 Å². The minimum absolute atomic E-state index is 0.250. The number of nitrogens with one attached hydrogen (secondary N) is 1. The van der Waals surface area contributed by atoms with Gasteiger partial charge in [0.25, 0.3) is 5.91 Å². The summed E-state index contributed by atoms with van der Waals surface area (Å²) in [6.07, 6.45) is 1.85. The first-order chi connectivity index (χ1) is 12.6. The van der Waals surface area contributed by atoms with Crippen molar-refractivity contribution >= 4 is 33.8 Å². The van der Waals surface area contributed by atoms with E-state index in [1.807, 2.05) is 36.5 Å². The zero-order valence-electron chi connectivity index (χ0n) is 13.5. The lowest BCUT2D eigenvalue weighted by Crippen LogP contribution is -2.14. The van der Waals surface area contributed by atoms with Crippen LogP contribution in [0.25, 0.3) is 16.2 Å². The number of anilines is 1. The number of hydrogen-bond donors (Lipinski definition) is 2. The fourth-order valence-electron chi connectivity index (χ4n) is 2.61. The summed E-state index contributed by atoms with van der Waals surface area (Å²) < 4.78 is 1.78. The molecule has 2 aromatic heterocycles. The first kappa shape index (κ1) is 16.0. The van der Waals surface area contributed by atoms with Crippen molar-refractivity contribution in [3.8, 4) is 11.3 Å². The van der Waals surface area contributed by atoms with Gasteiger partial charge in [-0.25, -0.2) is 4.98 Å². The molecule has 0 aliphatic heterocycles. The van der Waals surface area contributed by atoms with Gasteiger partial charge in [0.2, 0.25) is 5.91 Å². The van der Waals surface area contributed by atoms with Crippen molar-refractivity contribution in [2.45, 2.75) is 0 Å². The number of fused-ring (bicyclic) bond motifs is 1. The number of hydrogen-bond acceptors (Lipinski definition) is 4. The normalized spacial score (nSPS) is 10.8. The smallest absolute Gasteiger partial charge is 0.273 e. The summed E-state index contributed by atoms with van der Waals surface area (Å²) in [5, 5.41) is 4.59. The summed E-state index contributed by atoms with van der Waals surface area (Å²) in [5.74, 6) is -0.755. The number of aromatic nitrogens is 2. The van der Waals surface area contributed by atoms with Crippen LogP contribution in [0.4, 0.5) is 5.69 Å². The van der Waals surface area contributed by atoms with Crippen LogP contribution in [0.2, 0.25) is 0 Å². The molecule has 2 heterocycles. The molecule has 2 aromatic carbocycles. The number of primary amides is 1. The van der Waals surface area contributed by atoms with E-state index in [0.717, 1.165) is 16.2 Å². The Morgan fingerprint density at radius 1 is 1.04 bits per heavy atom. The van der Waals surface area contributed by atoms with Gasteiger partial charge in [0, 0.05) is 28.4 Å². The molecule has 0 fully saturated rings. The Morgan fingerprint density at radius 2 is 1.77 bits per heavy atom. The fraction of sp³-hybridized carbons (Fsp3) is 0. The lowest BCUT2D eigenvalue weighted by molar-refractivity contribution is 0.0997. The molecule has 0 aliphatic carbocycles. The quantitative estimate of drug-likeness (QED) is 0.583. The molecular weight excluding hydrogens is 348 g/mol. The minimum atomic E-state index is -0.505. The topological polar surface area (TPSA) is 89.5 Å². The summed E-state index contributed by atoms with van der Waals surface area (Å²) >= 11 is 1.40. The average molecular weight is 362 g/mol. The van der Waals surface area contributed by atoms with Gasteiger partial charge in [-0.2, -0.15) is 0 Å². The predicted molar refractivity (Wildman–Crippen MR) is 101 cm³/mol. The second-order valence-corrected chi connectivity index (χ2v) is 6.50. The SMILES string of the molecule is NC(=O)c1ccc(NC(=O)c2csc3nc(-c4ccccc4)cn23)cc1. The lowest BCUT2D eigenvalue weighted by Gasteiger charge is -2.05. The highest BCUT2D eigenvalue weighted by atomic mass is 32.1. The Labute approximate surface area is 152 Å². The number of nitrogens with zero attached hydrogens (tertiary/aromatic N) is 2. The largest absolute Gasteiger partial charge is 0.366 e. The zero-order chi connectivity index (χ0) is 18.1. The summed E-state index contributed by atoms with van der Waals surface area (Å²) in [5.41, 5.74) is 8.51. The molecule has 0 spiro atoms. The molecule has 0 unspecified atom stereocenters. The van der Waals surface area contributed by atoms with Crippen LogP contribution >= 0.6 is 11.3 Å². The summed E-state index contributed by atoms with van der Waals surface area (Å²) in [6, 6.07) is 16.2. The van der Waals surface area contributed by atoms with Crippen LogP contribution in [-0.4, -0.2) is 21.2 Å². The van der Waals surface area contributed by atoms with Gasteiger partial charge in [0.1, 0.15) is 5.69 Å². The third kappa shape index (κ3) is 2.96. The molecule has 0 saturated heterocycles. The highest BCUT2D eigenvalue weighted by Gasteiger charge is 2.15. The molecule has 7 heteroatoms. The van der Waals surface area contributed by atoms with Gasteiger partial charge < -0.3 is 11.1 Å². The van der Waals surface area contributed by atoms with Crippen LogP contribution in [0, 0.1) is 0 Å². The van der Waals surface area contributed by atoms with Crippen molar-refractivity contribution in [1.82, 2.24) is 9.38 Å². The van der Waals surface area contributed by atoms with E-state index >= 15 is 0 Å². The lowest BCUT2D eigenvalue weighted by atomic mass is 10.2. The van der Waals surface area contributed by atoms with E-state index in [2.05, 4.69) is 10.3 Å². The van der Waals surface area contributed by atoms with E-state index < -0.39 is 5.91 Å². The molecule has 6 nitrogen and oxygen atoms in total. The maximum Gasteiger partial charge on any atom is 0.273 e. The standard InChI is InChI=1S/C19H14N4O2S/c20-17(24)13-6-8-14(9-7-13)21-18(25)16-11-26-19-22-15(10-23(16)19)12-4-2-1-3-5-12/h1-11H,(H2,20,24)(H,21,25). The number of carbonyl (C=O) groups is 2. The van der Waals surface area contributed by atoms with Gasteiger partial charge in [-0.3, -0.25) is 14.0 Å². The maximum absolute atomic E-state index is 12.6. The summed E-state index contributed by atoms with van der Waals surface area (Å²) in [7, 11) is 0. The number of nitrogens with two attached hydrogens (primary N) is 1. The number of imidazole rings is 1. The minimum Gasteiger partial charge on any atom is -0.366 e. The first-order valence-electron chi connectivity index (χ1n) is 7.85. The van der Waals surface area contributed by atoms with E-state index in [-0.39, 0.29) is 5.91 Å². The van der Waals surface area contributed by atoms with E-state index in [9.17, 15) is 9.59 Å². The Kier molecular flexibility index (Phi) is 3.98. The average Bonchev–Trinajstić information content (AvgIpc) is 3.23. The monoisotopic (exact) mass is 362 g/mol. The molecule has 0 aliphatic rings. The summed E-state index contributed by atoms with van der Waals surface area (Å²) in [6.45, 7) is 0. The van der Waals surface area contributed by atoms with Crippen LogP contribution in [0.3, 0.4) is 0 Å². The van der Waals surface area contributed by atoms with Crippen molar-refractivity contribution in [3.05, 3.63) is 77.4 Å². The van der Waals surface area contributed by atoms with Gasteiger partial charge >= 0.3 is 0 Å². The van der Waals surface area contributed by atoms with Gasteiger partial charge in [-0.1, -0.05) is 30.3 Å². The Bertz CT molecular complexity index is 1100. The molecular formula is C19H14N4O2S. The molecule has 0 radical (unpaired) electrons. The van der Waals surface area contributed by atoms with Crippen molar-refractivity contribution in [2.75, 3.05) is 5.32 Å². The first-order valence-corrected chi connectivity index (χ1v) is 8.73. The number of thiazole rings is 1. The van der Waals surface area contributed by atoms with Crippen LogP contribution in [0.15, 0.2) is 66.2 Å². The van der Waals surface area contributed by atoms with E-state index in [4.69, 9.17) is 5.73 Å². The zero-order valence-corrected chi connectivity index (χ0v) is 14.4. The summed E-state index contributed by atoms with van der Waals surface area (Å²) in [4.78, 5) is 29.0. The van der Waals surface area contributed by atoms with Gasteiger partial charge in [0.15, 0.2) is 4.96 Å². The third-order valence-corrected chi connectivity index (χ3v) is 4.78. The highest BCUT2D eigenvalue weighted by molar-refractivity contribution is 7.15. The van der Waals surface area contributed by atoms with Crippen molar-refractivity contribution < 1.29 is 9.59 Å². The number of carbonyl (C=O) groups excluding carboxylic acids is 2. The predicted octanol–water partition coefficient (Wildman–Crippen LogP) is 3.41. The molecule has 4 aromatic rings. The number of rotatable bonds is 4. The van der Waals surface area contributed by atoms with Crippen LogP contribution in [-0.2, 0) is 0 Å². The molecule has 0 bridgehead atoms. The van der Waals surface area contributed by atoms with Crippen molar-refractivity contribution in [2.24, 2.45) is 5.73 Å². The van der Waals surface area contributed by atoms with Gasteiger partial charge in [0.05, 0.1) is 5.69 Å². The Morgan fingerprint density at radius 3 is 2.46 bits per heavy atom. The molecule has 4 rings (SSSR count). The molecule has 0 atom stereocenters. The molecule has 2 amide bonds. The van der Waals surface area contributed by atoms with E-state index in [0.29, 0.717) is 16.9 Å². The fourth-order valence-corrected chi connectivity index (χ4v) is 3.46. The molecule has 128 valence electrons. The van der Waals surface area contributed by atoms with E-state index in [1.54, 1.807) is 34.0 Å². The number of benzene rings is 2.